The van der Waals surface area contributed by atoms with Crippen LogP contribution in [0.5, 0.6) is 0 Å². The first-order valence-corrected chi connectivity index (χ1v) is 8.28. The van der Waals surface area contributed by atoms with Crippen molar-refractivity contribution in [3.63, 3.8) is 0 Å². The van der Waals surface area contributed by atoms with Crippen molar-refractivity contribution in [2.75, 3.05) is 10.6 Å². The van der Waals surface area contributed by atoms with E-state index in [2.05, 4.69) is 43.2 Å². The molecule has 2 aromatic carbocycles. The molecular weight excluding hydrogens is 444 g/mol. The molecule has 0 radical (unpaired) electrons. The van der Waals surface area contributed by atoms with Crippen molar-refractivity contribution < 1.29 is 13.2 Å². The van der Waals surface area contributed by atoms with E-state index in [1.165, 1.54) is 0 Å². The summed E-state index contributed by atoms with van der Waals surface area (Å²) in [6, 6.07) is 15.9. The second-order valence-corrected chi connectivity index (χ2v) is 6.32. The number of aromatic nitrogens is 2. The molecule has 0 atom stereocenters. The predicted molar refractivity (Wildman–Crippen MR) is 99.2 cm³/mol. The fourth-order valence-corrected chi connectivity index (χ4v) is 2.42. The number of para-hydroxylation sites is 1. The first-order valence-electron chi connectivity index (χ1n) is 7.21. The van der Waals surface area contributed by atoms with Crippen molar-refractivity contribution in [1.82, 2.24) is 9.97 Å². The highest BCUT2D eigenvalue weighted by molar-refractivity contribution is 14.1. The van der Waals surface area contributed by atoms with Gasteiger partial charge in [-0.25, -0.2) is 4.98 Å². The lowest BCUT2D eigenvalue weighted by Crippen LogP contribution is -2.12. The van der Waals surface area contributed by atoms with Crippen LogP contribution in [0.1, 0.15) is 5.56 Å². The van der Waals surface area contributed by atoms with Gasteiger partial charge in [-0.05, 0) is 59.0 Å². The maximum absolute atomic E-state index is 13.2. The molecule has 25 heavy (non-hydrogen) atoms. The molecular formula is C17H12F3IN4. The number of anilines is 4. The summed E-state index contributed by atoms with van der Waals surface area (Å²) in [5.74, 6) is -0.227. The minimum Gasteiger partial charge on any atom is -0.340 e. The fraction of sp³-hybridized carbons (Fsp3) is 0.0588. The lowest BCUT2D eigenvalue weighted by atomic mass is 10.2. The van der Waals surface area contributed by atoms with Crippen molar-refractivity contribution >= 4 is 45.7 Å². The zero-order valence-electron chi connectivity index (χ0n) is 12.7. The van der Waals surface area contributed by atoms with Gasteiger partial charge in [-0.1, -0.05) is 18.2 Å². The van der Waals surface area contributed by atoms with Gasteiger partial charge in [-0.15, -0.1) is 0 Å². The summed E-state index contributed by atoms with van der Waals surface area (Å²) in [5.41, 5.74) is 0.266. The Kier molecular flexibility index (Phi) is 5.07. The Morgan fingerprint density at radius 2 is 1.48 bits per heavy atom. The van der Waals surface area contributed by atoms with E-state index < -0.39 is 11.7 Å². The van der Waals surface area contributed by atoms with Gasteiger partial charge in [-0.3, -0.25) is 0 Å². The standard InChI is InChI=1S/C17H12F3IN4/c18-17(19,20)14-10-22-16(24-13-8-6-11(21)7-9-13)25-15(14)23-12-4-2-1-3-5-12/h1-10H,(H2,22,23,24,25). The van der Waals surface area contributed by atoms with E-state index in [9.17, 15) is 13.2 Å². The average molecular weight is 456 g/mol. The van der Waals surface area contributed by atoms with Crippen LogP contribution >= 0.6 is 22.6 Å². The zero-order valence-corrected chi connectivity index (χ0v) is 14.8. The third-order valence-electron chi connectivity index (χ3n) is 3.23. The summed E-state index contributed by atoms with van der Waals surface area (Å²) in [6.07, 6.45) is -3.79. The van der Waals surface area contributed by atoms with Gasteiger partial charge in [0.1, 0.15) is 11.4 Å². The largest absolute Gasteiger partial charge is 0.421 e. The highest BCUT2D eigenvalue weighted by Gasteiger charge is 2.35. The van der Waals surface area contributed by atoms with Crippen molar-refractivity contribution in [2.24, 2.45) is 0 Å². The van der Waals surface area contributed by atoms with E-state index in [-0.39, 0.29) is 11.8 Å². The molecule has 0 bridgehead atoms. The first-order chi connectivity index (χ1) is 11.9. The molecule has 0 unspecified atom stereocenters. The molecule has 4 nitrogen and oxygen atoms in total. The average Bonchev–Trinajstić information content (AvgIpc) is 2.57. The molecule has 128 valence electrons. The smallest absolute Gasteiger partial charge is 0.340 e. The molecule has 0 fully saturated rings. The minimum absolute atomic E-state index is 0.0765. The second-order valence-electron chi connectivity index (χ2n) is 5.08. The van der Waals surface area contributed by atoms with Crippen LogP contribution in [0.4, 0.5) is 36.3 Å². The van der Waals surface area contributed by atoms with Crippen LogP contribution < -0.4 is 10.6 Å². The summed E-state index contributed by atoms with van der Waals surface area (Å²) >= 11 is 2.16. The van der Waals surface area contributed by atoms with Gasteiger partial charge in [0.2, 0.25) is 5.95 Å². The van der Waals surface area contributed by atoms with Gasteiger partial charge in [0.15, 0.2) is 0 Å². The van der Waals surface area contributed by atoms with Crippen molar-refractivity contribution in [2.45, 2.75) is 6.18 Å². The summed E-state index contributed by atoms with van der Waals surface area (Å²) in [7, 11) is 0. The number of hydrogen-bond donors (Lipinski definition) is 2. The molecule has 0 aliphatic rings. The normalized spacial score (nSPS) is 11.2. The van der Waals surface area contributed by atoms with E-state index in [0.717, 1.165) is 9.77 Å². The predicted octanol–water partition coefficient (Wildman–Crippen LogP) is 5.59. The molecule has 8 heteroatoms. The highest BCUT2D eigenvalue weighted by Crippen LogP contribution is 2.35. The molecule has 2 N–H and O–H groups in total. The van der Waals surface area contributed by atoms with Crippen molar-refractivity contribution in [1.29, 1.82) is 0 Å². The Hall–Kier alpha value is -2.36. The molecule has 0 saturated carbocycles. The monoisotopic (exact) mass is 456 g/mol. The lowest BCUT2D eigenvalue weighted by Gasteiger charge is -2.15. The molecule has 0 aliphatic carbocycles. The van der Waals surface area contributed by atoms with Crippen molar-refractivity contribution in [3.8, 4) is 0 Å². The Labute approximate surface area is 155 Å². The molecule has 0 spiro atoms. The second kappa shape index (κ2) is 7.26. The van der Waals surface area contributed by atoms with Crippen LogP contribution in [0.25, 0.3) is 0 Å². The zero-order chi connectivity index (χ0) is 17.9. The van der Waals surface area contributed by atoms with Crippen LogP contribution in [0.2, 0.25) is 0 Å². The number of rotatable bonds is 4. The topological polar surface area (TPSA) is 49.8 Å². The Bertz CT molecular complexity index is 852. The summed E-state index contributed by atoms with van der Waals surface area (Å²) in [5, 5.41) is 5.61. The van der Waals surface area contributed by atoms with E-state index in [1.54, 1.807) is 42.5 Å². The summed E-state index contributed by atoms with van der Waals surface area (Å²) < 4.78 is 40.7. The maximum atomic E-state index is 13.2. The summed E-state index contributed by atoms with van der Waals surface area (Å²) in [6.45, 7) is 0. The molecule has 1 aromatic heterocycles. The third-order valence-corrected chi connectivity index (χ3v) is 3.95. The number of halogens is 4. The minimum atomic E-state index is -4.56. The third kappa shape index (κ3) is 4.59. The number of hydrogen-bond acceptors (Lipinski definition) is 4. The number of alkyl halides is 3. The molecule has 0 aliphatic heterocycles. The van der Waals surface area contributed by atoms with Gasteiger partial charge < -0.3 is 10.6 Å². The van der Waals surface area contributed by atoms with Crippen LogP contribution in [0.3, 0.4) is 0 Å². The quantitative estimate of drug-likeness (QED) is 0.503. The van der Waals surface area contributed by atoms with Gasteiger partial charge in [0.05, 0.1) is 0 Å². The lowest BCUT2D eigenvalue weighted by molar-refractivity contribution is -0.137. The van der Waals surface area contributed by atoms with E-state index in [1.807, 2.05) is 12.1 Å². The van der Waals surface area contributed by atoms with Crippen LogP contribution in [0, 0.1) is 3.57 Å². The van der Waals surface area contributed by atoms with Gasteiger partial charge >= 0.3 is 6.18 Å². The molecule has 1 heterocycles. The van der Waals surface area contributed by atoms with Gasteiger partial charge in [0.25, 0.3) is 0 Å². The van der Waals surface area contributed by atoms with Crippen molar-refractivity contribution in [3.05, 3.63) is 69.9 Å². The number of nitrogens with zero attached hydrogens (tertiary/aromatic N) is 2. The highest BCUT2D eigenvalue weighted by atomic mass is 127. The van der Waals surface area contributed by atoms with E-state index >= 15 is 0 Å². The van der Waals surface area contributed by atoms with E-state index in [0.29, 0.717) is 11.4 Å². The molecule has 3 aromatic rings. The van der Waals surface area contributed by atoms with Gasteiger partial charge in [0, 0.05) is 21.1 Å². The first kappa shape index (κ1) is 17.5. The van der Waals surface area contributed by atoms with Crippen LogP contribution in [-0.4, -0.2) is 9.97 Å². The van der Waals surface area contributed by atoms with E-state index in [4.69, 9.17) is 0 Å². The van der Waals surface area contributed by atoms with Gasteiger partial charge in [-0.2, -0.15) is 18.2 Å². The molecule has 0 saturated heterocycles. The van der Waals surface area contributed by atoms with Crippen LogP contribution in [-0.2, 0) is 6.18 Å². The van der Waals surface area contributed by atoms with Crippen LogP contribution in [0.15, 0.2) is 60.8 Å². The Balaban J connectivity index is 1.93. The molecule has 0 amide bonds. The fourth-order valence-electron chi connectivity index (χ4n) is 2.07. The summed E-state index contributed by atoms with van der Waals surface area (Å²) in [4.78, 5) is 7.78. The Morgan fingerprint density at radius 3 is 2.12 bits per heavy atom. The Morgan fingerprint density at radius 1 is 0.840 bits per heavy atom. The number of benzene rings is 2. The molecule has 3 rings (SSSR count). The SMILES string of the molecule is FC(F)(F)c1cnc(Nc2ccc(I)cc2)nc1Nc1ccccc1. The number of nitrogens with one attached hydrogen (secondary N) is 2. The maximum Gasteiger partial charge on any atom is 0.421 e.